The van der Waals surface area contributed by atoms with Gasteiger partial charge in [0.25, 0.3) is 0 Å². The van der Waals surface area contributed by atoms with Gasteiger partial charge in [-0.25, -0.2) is 0 Å². The summed E-state index contributed by atoms with van der Waals surface area (Å²) in [6, 6.07) is 8.34. The highest BCUT2D eigenvalue weighted by Gasteiger charge is 2.09. The maximum absolute atomic E-state index is 5.79. The van der Waals surface area contributed by atoms with Crippen molar-refractivity contribution in [1.82, 2.24) is 0 Å². The molecule has 0 bridgehead atoms. The Hall–Kier alpha value is -0.980. The molecule has 0 atom stereocenters. The first-order valence-electron chi connectivity index (χ1n) is 5.63. The Morgan fingerprint density at radius 2 is 1.79 bits per heavy atom. The molecule has 1 nitrogen and oxygen atoms in total. The highest BCUT2D eigenvalue weighted by Crippen LogP contribution is 2.27. The van der Waals surface area contributed by atoms with Crippen LogP contribution in [0.4, 0.5) is 5.69 Å². The Bertz CT molecular complexity index is 262. The standard InChI is InChI=1S/C13H21N/c1-3-6-11(7-4-2)12-8-5-9-13(14)10-12/h5,8-11H,3-4,6-7,14H2,1-2H3. The second-order valence-corrected chi connectivity index (χ2v) is 3.94. The first-order valence-corrected chi connectivity index (χ1v) is 5.63. The molecule has 14 heavy (non-hydrogen) atoms. The minimum Gasteiger partial charge on any atom is -0.399 e. The van der Waals surface area contributed by atoms with Crippen LogP contribution in [0.2, 0.25) is 0 Å². The summed E-state index contributed by atoms with van der Waals surface area (Å²) in [7, 11) is 0. The summed E-state index contributed by atoms with van der Waals surface area (Å²) in [6.45, 7) is 4.49. The molecule has 1 aromatic carbocycles. The molecule has 0 saturated heterocycles. The van der Waals surface area contributed by atoms with Gasteiger partial charge >= 0.3 is 0 Å². The maximum Gasteiger partial charge on any atom is 0.0316 e. The van der Waals surface area contributed by atoms with E-state index in [1.54, 1.807) is 0 Å². The van der Waals surface area contributed by atoms with E-state index < -0.39 is 0 Å². The molecule has 0 aliphatic heterocycles. The van der Waals surface area contributed by atoms with Gasteiger partial charge in [0.2, 0.25) is 0 Å². The molecule has 0 aliphatic carbocycles. The van der Waals surface area contributed by atoms with E-state index in [9.17, 15) is 0 Å². The summed E-state index contributed by atoms with van der Waals surface area (Å²) >= 11 is 0. The third-order valence-corrected chi connectivity index (χ3v) is 2.66. The fourth-order valence-electron chi connectivity index (χ4n) is 1.99. The van der Waals surface area contributed by atoms with Crippen LogP contribution < -0.4 is 5.73 Å². The monoisotopic (exact) mass is 191 g/mol. The lowest BCUT2D eigenvalue weighted by molar-refractivity contribution is 0.561. The maximum atomic E-state index is 5.79. The van der Waals surface area contributed by atoms with Crippen LogP contribution in [0.1, 0.15) is 51.0 Å². The van der Waals surface area contributed by atoms with Gasteiger partial charge < -0.3 is 5.73 Å². The molecule has 78 valence electrons. The van der Waals surface area contributed by atoms with Crippen LogP contribution in [0.25, 0.3) is 0 Å². The predicted octanol–water partition coefficient (Wildman–Crippen LogP) is 3.95. The number of benzene rings is 1. The number of nitrogen functional groups attached to an aromatic ring is 1. The topological polar surface area (TPSA) is 26.0 Å². The molecule has 0 saturated carbocycles. The molecule has 1 rings (SSSR count). The highest BCUT2D eigenvalue weighted by atomic mass is 14.5. The van der Waals surface area contributed by atoms with Crippen molar-refractivity contribution in [3.05, 3.63) is 29.8 Å². The fraction of sp³-hybridized carbons (Fsp3) is 0.538. The summed E-state index contributed by atoms with van der Waals surface area (Å²) in [4.78, 5) is 0. The average Bonchev–Trinajstić information content (AvgIpc) is 2.17. The highest BCUT2D eigenvalue weighted by molar-refractivity contribution is 5.41. The van der Waals surface area contributed by atoms with Crippen LogP contribution in [-0.4, -0.2) is 0 Å². The lowest BCUT2D eigenvalue weighted by Gasteiger charge is -2.15. The van der Waals surface area contributed by atoms with Crippen LogP contribution in [0.3, 0.4) is 0 Å². The van der Waals surface area contributed by atoms with E-state index in [1.807, 2.05) is 6.07 Å². The van der Waals surface area contributed by atoms with Crippen molar-refractivity contribution in [3.63, 3.8) is 0 Å². The predicted molar refractivity (Wildman–Crippen MR) is 63.4 cm³/mol. The Labute approximate surface area is 87.3 Å². The van der Waals surface area contributed by atoms with E-state index in [4.69, 9.17) is 5.73 Å². The quantitative estimate of drug-likeness (QED) is 0.701. The number of rotatable bonds is 5. The first-order chi connectivity index (χ1) is 6.77. The Morgan fingerprint density at radius 1 is 1.14 bits per heavy atom. The smallest absolute Gasteiger partial charge is 0.0316 e. The van der Waals surface area contributed by atoms with Crippen LogP contribution >= 0.6 is 0 Å². The molecule has 0 fully saturated rings. The van der Waals surface area contributed by atoms with Crippen LogP contribution in [0.5, 0.6) is 0 Å². The van der Waals surface area contributed by atoms with Crippen molar-refractivity contribution in [2.45, 2.75) is 45.4 Å². The fourth-order valence-corrected chi connectivity index (χ4v) is 1.99. The SMILES string of the molecule is CCCC(CCC)c1cccc(N)c1. The molecule has 1 aromatic rings. The number of nitrogens with two attached hydrogens (primary N) is 1. The Balaban J connectivity index is 2.75. The molecule has 0 unspecified atom stereocenters. The first kappa shape index (κ1) is 11.1. The summed E-state index contributed by atoms with van der Waals surface area (Å²) in [5, 5.41) is 0. The molecule has 0 aliphatic rings. The summed E-state index contributed by atoms with van der Waals surface area (Å²) in [5.74, 6) is 0.702. The largest absolute Gasteiger partial charge is 0.399 e. The Kier molecular flexibility index (Phi) is 4.51. The van der Waals surface area contributed by atoms with Gasteiger partial charge in [-0.15, -0.1) is 0 Å². The summed E-state index contributed by atoms with van der Waals surface area (Å²) < 4.78 is 0. The van der Waals surface area contributed by atoms with Crippen molar-refractivity contribution < 1.29 is 0 Å². The average molecular weight is 191 g/mol. The van der Waals surface area contributed by atoms with Gasteiger partial charge in [-0.3, -0.25) is 0 Å². The molecule has 0 heterocycles. The van der Waals surface area contributed by atoms with Crippen molar-refractivity contribution in [3.8, 4) is 0 Å². The zero-order chi connectivity index (χ0) is 10.4. The lowest BCUT2D eigenvalue weighted by atomic mass is 9.90. The van der Waals surface area contributed by atoms with Crippen molar-refractivity contribution in [2.24, 2.45) is 0 Å². The molecular weight excluding hydrogens is 170 g/mol. The van der Waals surface area contributed by atoms with Gasteiger partial charge in [-0.05, 0) is 36.5 Å². The van der Waals surface area contributed by atoms with Gasteiger partial charge in [0.15, 0.2) is 0 Å². The van der Waals surface area contributed by atoms with Gasteiger partial charge in [0, 0.05) is 5.69 Å². The minimum absolute atomic E-state index is 0.702. The van der Waals surface area contributed by atoms with E-state index >= 15 is 0 Å². The second kappa shape index (κ2) is 5.69. The van der Waals surface area contributed by atoms with E-state index in [-0.39, 0.29) is 0 Å². The lowest BCUT2D eigenvalue weighted by Crippen LogP contribution is -1.99. The number of hydrogen-bond acceptors (Lipinski definition) is 1. The van der Waals surface area contributed by atoms with Gasteiger partial charge in [0.1, 0.15) is 0 Å². The van der Waals surface area contributed by atoms with Crippen molar-refractivity contribution in [2.75, 3.05) is 5.73 Å². The van der Waals surface area contributed by atoms with E-state index in [0.29, 0.717) is 5.92 Å². The van der Waals surface area contributed by atoms with Gasteiger partial charge in [-0.1, -0.05) is 38.8 Å². The zero-order valence-electron chi connectivity index (χ0n) is 9.29. The molecule has 1 heteroatoms. The van der Waals surface area contributed by atoms with Gasteiger partial charge in [-0.2, -0.15) is 0 Å². The number of hydrogen-bond donors (Lipinski definition) is 1. The second-order valence-electron chi connectivity index (χ2n) is 3.94. The van der Waals surface area contributed by atoms with Gasteiger partial charge in [0.05, 0.1) is 0 Å². The van der Waals surface area contributed by atoms with E-state index in [1.165, 1.54) is 31.2 Å². The van der Waals surface area contributed by atoms with Crippen LogP contribution in [0, 0.1) is 0 Å². The van der Waals surface area contributed by atoms with E-state index in [0.717, 1.165) is 5.69 Å². The molecule has 0 amide bonds. The third-order valence-electron chi connectivity index (χ3n) is 2.66. The molecule has 0 radical (unpaired) electrons. The molecular formula is C13H21N. The summed E-state index contributed by atoms with van der Waals surface area (Å²) in [6.07, 6.45) is 5.05. The summed E-state index contributed by atoms with van der Waals surface area (Å²) in [5.41, 5.74) is 8.09. The molecule has 0 spiro atoms. The van der Waals surface area contributed by atoms with Crippen molar-refractivity contribution in [1.29, 1.82) is 0 Å². The molecule has 2 N–H and O–H groups in total. The Morgan fingerprint density at radius 3 is 2.29 bits per heavy atom. The minimum atomic E-state index is 0.702. The normalized spacial score (nSPS) is 10.8. The molecule has 0 aromatic heterocycles. The van der Waals surface area contributed by atoms with Crippen molar-refractivity contribution >= 4 is 5.69 Å². The van der Waals surface area contributed by atoms with E-state index in [2.05, 4.69) is 32.0 Å². The zero-order valence-corrected chi connectivity index (χ0v) is 9.29. The number of anilines is 1. The third kappa shape index (κ3) is 3.06. The van der Waals surface area contributed by atoms with Crippen LogP contribution in [0.15, 0.2) is 24.3 Å². The van der Waals surface area contributed by atoms with Crippen LogP contribution in [-0.2, 0) is 0 Å².